The predicted octanol–water partition coefficient (Wildman–Crippen LogP) is 3.46. The van der Waals surface area contributed by atoms with Crippen molar-refractivity contribution in [1.29, 1.82) is 0 Å². The maximum atomic E-state index is 14.3. The molecule has 2 heterocycles. The van der Waals surface area contributed by atoms with Crippen molar-refractivity contribution >= 4 is 28.8 Å². The van der Waals surface area contributed by atoms with E-state index in [-0.39, 0.29) is 11.2 Å². The fraction of sp³-hybridized carbons (Fsp3) is 0.150. The molecule has 0 unspecified atom stereocenters. The lowest BCUT2D eigenvalue weighted by atomic mass is 10.2. The summed E-state index contributed by atoms with van der Waals surface area (Å²) in [6.07, 6.45) is 2.21. The summed E-state index contributed by atoms with van der Waals surface area (Å²) >= 11 is 0. The van der Waals surface area contributed by atoms with Gasteiger partial charge in [-0.3, -0.25) is 9.20 Å². The second-order valence-corrected chi connectivity index (χ2v) is 6.08. The van der Waals surface area contributed by atoms with Crippen LogP contribution in [0.15, 0.2) is 42.6 Å². The Balaban J connectivity index is 1.79. The number of fused-ring (bicyclic) bond motifs is 3. The summed E-state index contributed by atoms with van der Waals surface area (Å²) in [6, 6.07) is 10.1. The van der Waals surface area contributed by atoms with Crippen LogP contribution >= 0.6 is 0 Å². The van der Waals surface area contributed by atoms with Crippen molar-refractivity contribution in [3.63, 3.8) is 0 Å². The number of nitrogens with zero attached hydrogens (tertiary/aromatic N) is 3. The molecule has 28 heavy (non-hydrogen) atoms. The molecule has 0 radical (unpaired) electrons. The summed E-state index contributed by atoms with van der Waals surface area (Å²) in [5.41, 5.74) is 1.74. The number of rotatable bonds is 6. The summed E-state index contributed by atoms with van der Waals surface area (Å²) in [5, 5.41) is 3.71. The normalized spacial score (nSPS) is 11.0. The SMILES string of the molecule is COc1ccc(CNc2nc3c(F)cccc3c3nc(C=O)cn23)c(OC)c1. The van der Waals surface area contributed by atoms with Crippen molar-refractivity contribution < 1.29 is 18.7 Å². The average molecular weight is 380 g/mol. The molecule has 0 amide bonds. The van der Waals surface area contributed by atoms with Crippen molar-refractivity contribution in [2.75, 3.05) is 19.5 Å². The summed E-state index contributed by atoms with van der Waals surface area (Å²) in [4.78, 5) is 19.9. The van der Waals surface area contributed by atoms with Crippen LogP contribution in [0.2, 0.25) is 0 Å². The van der Waals surface area contributed by atoms with Gasteiger partial charge >= 0.3 is 0 Å². The second-order valence-electron chi connectivity index (χ2n) is 6.08. The van der Waals surface area contributed by atoms with E-state index in [1.54, 1.807) is 43.0 Å². The standard InChI is InChI=1S/C20H17FN4O3/c1-27-14-7-6-12(17(8-14)28-2)9-22-20-24-18-15(4-3-5-16(18)21)19-23-13(11-26)10-25(19)20/h3-8,10-11H,9H2,1-2H3,(H,22,24). The lowest BCUT2D eigenvalue weighted by Gasteiger charge is -2.13. The number of aromatic nitrogens is 3. The molecule has 8 heteroatoms. The van der Waals surface area contributed by atoms with Gasteiger partial charge in [-0.1, -0.05) is 6.07 Å². The molecule has 7 nitrogen and oxygen atoms in total. The maximum Gasteiger partial charge on any atom is 0.209 e. The summed E-state index contributed by atoms with van der Waals surface area (Å²) in [6.45, 7) is 0.365. The molecule has 0 aliphatic heterocycles. The third kappa shape index (κ3) is 2.98. The van der Waals surface area contributed by atoms with Crippen LogP contribution < -0.4 is 14.8 Å². The number of ether oxygens (including phenoxy) is 2. The van der Waals surface area contributed by atoms with Crippen molar-refractivity contribution in [1.82, 2.24) is 14.4 Å². The molecule has 2 aromatic heterocycles. The summed E-state index contributed by atoms with van der Waals surface area (Å²) < 4.78 is 26.6. The van der Waals surface area contributed by atoms with Crippen LogP contribution in [0.25, 0.3) is 16.6 Å². The molecular weight excluding hydrogens is 363 g/mol. The van der Waals surface area contributed by atoms with Crippen molar-refractivity contribution in [3.8, 4) is 11.5 Å². The third-order valence-electron chi connectivity index (χ3n) is 4.45. The molecule has 0 saturated carbocycles. The van der Waals surface area contributed by atoms with E-state index in [9.17, 15) is 9.18 Å². The van der Waals surface area contributed by atoms with Crippen LogP contribution in [0, 0.1) is 5.82 Å². The van der Waals surface area contributed by atoms with Crippen LogP contribution in [-0.2, 0) is 6.54 Å². The van der Waals surface area contributed by atoms with Gasteiger partial charge in [0.15, 0.2) is 6.29 Å². The Kier molecular flexibility index (Phi) is 4.52. The molecule has 4 rings (SSSR count). The van der Waals surface area contributed by atoms with Crippen molar-refractivity contribution in [2.24, 2.45) is 0 Å². The summed E-state index contributed by atoms with van der Waals surface area (Å²) in [5.74, 6) is 1.24. The number of carbonyl (C=O) groups is 1. The number of hydrogen-bond acceptors (Lipinski definition) is 6. The van der Waals surface area contributed by atoms with Gasteiger partial charge in [0.25, 0.3) is 0 Å². The Hall–Kier alpha value is -3.68. The molecule has 2 aromatic carbocycles. The molecule has 0 aliphatic carbocycles. The zero-order valence-corrected chi connectivity index (χ0v) is 15.3. The van der Waals surface area contributed by atoms with Crippen LogP contribution in [0.5, 0.6) is 11.5 Å². The van der Waals surface area contributed by atoms with Crippen molar-refractivity contribution in [3.05, 3.63) is 59.7 Å². The lowest BCUT2D eigenvalue weighted by molar-refractivity contribution is 0.111. The number of carbonyl (C=O) groups excluding carboxylic acids is 1. The van der Waals surface area contributed by atoms with E-state index in [0.29, 0.717) is 41.3 Å². The van der Waals surface area contributed by atoms with Crippen molar-refractivity contribution in [2.45, 2.75) is 6.54 Å². The van der Waals surface area contributed by atoms with Crippen LogP contribution in [-0.4, -0.2) is 34.9 Å². The van der Waals surface area contributed by atoms with Crippen LogP contribution in [0.1, 0.15) is 16.1 Å². The van der Waals surface area contributed by atoms with E-state index in [1.165, 1.54) is 6.07 Å². The molecule has 0 aliphatic rings. The minimum absolute atomic E-state index is 0.183. The number of hydrogen-bond donors (Lipinski definition) is 1. The molecule has 4 aromatic rings. The molecule has 0 bridgehead atoms. The zero-order valence-electron chi connectivity index (χ0n) is 15.3. The number of halogens is 1. The zero-order chi connectivity index (χ0) is 19.7. The Morgan fingerprint density at radius 3 is 2.79 bits per heavy atom. The first-order valence-electron chi connectivity index (χ1n) is 8.52. The number of imidazole rings is 1. The Morgan fingerprint density at radius 2 is 2.04 bits per heavy atom. The molecule has 1 N–H and O–H groups in total. The van der Waals surface area contributed by atoms with E-state index >= 15 is 0 Å². The maximum absolute atomic E-state index is 14.3. The third-order valence-corrected chi connectivity index (χ3v) is 4.45. The molecule has 0 atom stereocenters. The molecule has 0 saturated heterocycles. The number of benzene rings is 2. The largest absolute Gasteiger partial charge is 0.497 e. The first kappa shape index (κ1) is 17.7. The van der Waals surface area contributed by atoms with Crippen LogP contribution in [0.3, 0.4) is 0 Å². The van der Waals surface area contributed by atoms with Gasteiger partial charge in [0.1, 0.15) is 34.2 Å². The lowest BCUT2D eigenvalue weighted by Crippen LogP contribution is -2.08. The molecular formula is C20H17FN4O3. The highest BCUT2D eigenvalue weighted by molar-refractivity contribution is 5.94. The van der Waals surface area contributed by atoms with E-state index in [4.69, 9.17) is 9.47 Å². The van der Waals surface area contributed by atoms with Gasteiger partial charge in [-0.25, -0.2) is 14.4 Å². The van der Waals surface area contributed by atoms with Gasteiger partial charge in [0.05, 0.1) is 14.2 Å². The highest BCUT2D eigenvalue weighted by atomic mass is 19.1. The quantitative estimate of drug-likeness (QED) is 0.516. The fourth-order valence-corrected chi connectivity index (χ4v) is 3.07. The predicted molar refractivity (Wildman–Crippen MR) is 103 cm³/mol. The van der Waals surface area contributed by atoms with Gasteiger partial charge in [-0.05, 0) is 24.3 Å². The topological polar surface area (TPSA) is 77.8 Å². The second kappa shape index (κ2) is 7.15. The number of para-hydroxylation sites is 1. The van der Waals surface area contributed by atoms with Gasteiger partial charge < -0.3 is 14.8 Å². The number of nitrogens with one attached hydrogen (secondary N) is 1. The first-order chi connectivity index (χ1) is 13.6. The molecule has 142 valence electrons. The average Bonchev–Trinajstić information content (AvgIpc) is 3.17. The van der Waals surface area contributed by atoms with Crippen LogP contribution in [0.4, 0.5) is 10.3 Å². The monoisotopic (exact) mass is 380 g/mol. The van der Waals surface area contributed by atoms with Gasteiger partial charge in [-0.15, -0.1) is 0 Å². The smallest absolute Gasteiger partial charge is 0.209 e. The van der Waals surface area contributed by atoms with E-state index in [0.717, 1.165) is 5.56 Å². The molecule has 0 fully saturated rings. The number of aldehydes is 1. The Labute approximate surface area is 159 Å². The minimum Gasteiger partial charge on any atom is -0.497 e. The fourth-order valence-electron chi connectivity index (χ4n) is 3.07. The first-order valence-corrected chi connectivity index (χ1v) is 8.52. The van der Waals surface area contributed by atoms with Gasteiger partial charge in [-0.2, -0.15) is 0 Å². The van der Waals surface area contributed by atoms with E-state index < -0.39 is 5.82 Å². The highest BCUT2D eigenvalue weighted by Gasteiger charge is 2.14. The van der Waals surface area contributed by atoms with E-state index in [1.807, 2.05) is 12.1 Å². The summed E-state index contributed by atoms with van der Waals surface area (Å²) in [7, 11) is 3.16. The Morgan fingerprint density at radius 1 is 1.18 bits per heavy atom. The van der Waals surface area contributed by atoms with E-state index in [2.05, 4.69) is 15.3 Å². The number of anilines is 1. The minimum atomic E-state index is -0.458. The van der Waals surface area contributed by atoms with Gasteiger partial charge in [0, 0.05) is 29.8 Å². The highest BCUT2D eigenvalue weighted by Crippen LogP contribution is 2.27. The molecule has 0 spiro atoms. The Bertz CT molecular complexity index is 1190. The van der Waals surface area contributed by atoms with Gasteiger partial charge in [0.2, 0.25) is 5.95 Å². The number of methoxy groups -OCH3 is 2.